The molecule has 5 nitrogen and oxygen atoms in total. The van der Waals surface area contributed by atoms with Crippen LogP contribution in [0.4, 0.5) is 10.5 Å². The second kappa shape index (κ2) is 8.03. The Labute approximate surface area is 152 Å². The van der Waals surface area contributed by atoms with Gasteiger partial charge in [-0.2, -0.15) is 0 Å². The van der Waals surface area contributed by atoms with Crippen LogP contribution in [0.25, 0.3) is 0 Å². The lowest BCUT2D eigenvalue weighted by atomic mass is 10.2. The molecule has 0 bridgehead atoms. The highest BCUT2D eigenvalue weighted by Gasteiger charge is 2.34. The summed E-state index contributed by atoms with van der Waals surface area (Å²) in [5.41, 5.74) is 1.58. The highest BCUT2D eigenvalue weighted by Crippen LogP contribution is 2.23. The van der Waals surface area contributed by atoms with Crippen molar-refractivity contribution in [3.63, 3.8) is 0 Å². The van der Waals surface area contributed by atoms with Crippen molar-refractivity contribution in [2.24, 2.45) is 0 Å². The summed E-state index contributed by atoms with van der Waals surface area (Å²) in [6.45, 7) is 1.01. The van der Waals surface area contributed by atoms with Crippen molar-refractivity contribution < 1.29 is 9.59 Å². The number of amides is 3. The minimum Gasteiger partial charge on any atom is -0.334 e. The summed E-state index contributed by atoms with van der Waals surface area (Å²) in [6, 6.07) is 16.1. The fourth-order valence-corrected chi connectivity index (χ4v) is 3.12. The van der Waals surface area contributed by atoms with E-state index in [2.05, 4.69) is 10.6 Å². The number of hydrogen-bond donors (Lipinski definition) is 2. The molecule has 1 saturated heterocycles. The van der Waals surface area contributed by atoms with Gasteiger partial charge in [-0.25, -0.2) is 4.79 Å². The van der Waals surface area contributed by atoms with Gasteiger partial charge in [-0.15, -0.1) is 0 Å². The second-order valence-corrected chi connectivity index (χ2v) is 6.37. The van der Waals surface area contributed by atoms with Gasteiger partial charge in [0.1, 0.15) is 6.04 Å². The minimum atomic E-state index is -0.480. The van der Waals surface area contributed by atoms with E-state index in [9.17, 15) is 9.59 Å². The number of rotatable bonds is 4. The van der Waals surface area contributed by atoms with Crippen molar-refractivity contribution in [1.82, 2.24) is 10.2 Å². The number of anilines is 1. The molecule has 2 aromatic rings. The SMILES string of the molecule is O=C(Nc1ccccc1Cl)[C@H]1CCCN1C(=O)NCc1ccccc1. The fraction of sp³-hybridized carbons (Fsp3) is 0.263. The lowest BCUT2D eigenvalue weighted by molar-refractivity contribution is -0.119. The summed E-state index contributed by atoms with van der Waals surface area (Å²) in [5.74, 6) is -0.208. The molecule has 1 aliphatic rings. The van der Waals surface area contributed by atoms with Crippen LogP contribution in [0.5, 0.6) is 0 Å². The van der Waals surface area contributed by atoms with Crippen molar-refractivity contribution in [3.8, 4) is 0 Å². The Kier molecular flexibility index (Phi) is 5.56. The Morgan fingerprint density at radius 3 is 2.56 bits per heavy atom. The number of nitrogens with zero attached hydrogens (tertiary/aromatic N) is 1. The Morgan fingerprint density at radius 1 is 1.08 bits per heavy atom. The summed E-state index contributed by atoms with van der Waals surface area (Å²) < 4.78 is 0. The highest BCUT2D eigenvalue weighted by atomic mass is 35.5. The van der Waals surface area contributed by atoms with Gasteiger partial charge in [-0.3, -0.25) is 4.79 Å². The summed E-state index contributed by atoms with van der Waals surface area (Å²) in [7, 11) is 0. The van der Waals surface area contributed by atoms with Gasteiger partial charge in [0.2, 0.25) is 5.91 Å². The molecule has 1 fully saturated rings. The van der Waals surface area contributed by atoms with Gasteiger partial charge in [0.15, 0.2) is 0 Å². The second-order valence-electron chi connectivity index (χ2n) is 5.96. The van der Waals surface area contributed by atoms with Crippen LogP contribution in [0.15, 0.2) is 54.6 Å². The van der Waals surface area contributed by atoms with E-state index < -0.39 is 6.04 Å². The predicted octanol–water partition coefficient (Wildman–Crippen LogP) is 3.65. The molecular weight excluding hydrogens is 338 g/mol. The van der Waals surface area contributed by atoms with Crippen LogP contribution in [-0.2, 0) is 11.3 Å². The molecule has 1 heterocycles. The molecule has 2 N–H and O–H groups in total. The average molecular weight is 358 g/mol. The number of halogens is 1. The third kappa shape index (κ3) is 4.31. The van der Waals surface area contributed by atoms with E-state index in [4.69, 9.17) is 11.6 Å². The van der Waals surface area contributed by atoms with Gasteiger partial charge in [0.25, 0.3) is 0 Å². The molecule has 25 heavy (non-hydrogen) atoms. The normalized spacial score (nSPS) is 16.5. The maximum absolute atomic E-state index is 12.6. The molecule has 0 aromatic heterocycles. The molecule has 0 radical (unpaired) electrons. The number of benzene rings is 2. The van der Waals surface area contributed by atoms with E-state index in [0.29, 0.717) is 30.2 Å². The Morgan fingerprint density at radius 2 is 1.80 bits per heavy atom. The van der Waals surface area contributed by atoms with E-state index >= 15 is 0 Å². The molecule has 0 unspecified atom stereocenters. The lowest BCUT2D eigenvalue weighted by Crippen LogP contribution is -2.47. The zero-order valence-corrected chi connectivity index (χ0v) is 14.5. The number of likely N-dealkylation sites (tertiary alicyclic amines) is 1. The predicted molar refractivity (Wildman–Crippen MR) is 98.5 cm³/mol. The van der Waals surface area contributed by atoms with E-state index in [-0.39, 0.29) is 11.9 Å². The summed E-state index contributed by atoms with van der Waals surface area (Å²) in [4.78, 5) is 26.6. The van der Waals surface area contributed by atoms with Crippen LogP contribution < -0.4 is 10.6 Å². The Balaban J connectivity index is 1.60. The first-order chi connectivity index (χ1) is 12.1. The largest absolute Gasteiger partial charge is 0.334 e. The zero-order chi connectivity index (χ0) is 17.6. The maximum atomic E-state index is 12.6. The number of carbonyl (C=O) groups is 2. The first-order valence-corrected chi connectivity index (χ1v) is 8.67. The molecule has 1 aliphatic heterocycles. The first-order valence-electron chi connectivity index (χ1n) is 8.29. The van der Waals surface area contributed by atoms with Gasteiger partial charge < -0.3 is 15.5 Å². The smallest absolute Gasteiger partial charge is 0.318 e. The summed E-state index contributed by atoms with van der Waals surface area (Å²) in [5, 5.41) is 6.18. The molecule has 6 heteroatoms. The average Bonchev–Trinajstić information content (AvgIpc) is 3.12. The van der Waals surface area contributed by atoms with Crippen LogP contribution in [0.2, 0.25) is 5.02 Å². The minimum absolute atomic E-state index is 0.208. The lowest BCUT2D eigenvalue weighted by Gasteiger charge is -2.24. The van der Waals surface area contributed by atoms with Crippen molar-refractivity contribution in [2.45, 2.75) is 25.4 Å². The van der Waals surface area contributed by atoms with E-state index in [0.717, 1.165) is 12.0 Å². The molecule has 0 saturated carbocycles. The van der Waals surface area contributed by atoms with Crippen LogP contribution in [0.3, 0.4) is 0 Å². The summed E-state index contributed by atoms with van der Waals surface area (Å²) in [6.07, 6.45) is 1.45. The van der Waals surface area contributed by atoms with Crippen molar-refractivity contribution in [1.29, 1.82) is 0 Å². The number of para-hydroxylation sites is 1. The Bertz CT molecular complexity index is 751. The quantitative estimate of drug-likeness (QED) is 0.877. The van der Waals surface area contributed by atoms with Crippen molar-refractivity contribution in [2.75, 3.05) is 11.9 Å². The fourth-order valence-electron chi connectivity index (χ4n) is 2.94. The standard InChI is InChI=1S/C19H20ClN3O2/c20-15-9-4-5-10-16(15)22-18(24)17-11-6-12-23(17)19(25)21-13-14-7-2-1-3-8-14/h1-5,7-10,17H,6,11-13H2,(H,21,25)(H,22,24)/t17-/m1/s1. The zero-order valence-electron chi connectivity index (χ0n) is 13.7. The van der Waals surface area contributed by atoms with Crippen LogP contribution in [0, 0.1) is 0 Å². The topological polar surface area (TPSA) is 61.4 Å². The highest BCUT2D eigenvalue weighted by molar-refractivity contribution is 6.33. The molecule has 130 valence electrons. The van der Waals surface area contributed by atoms with Gasteiger partial charge >= 0.3 is 6.03 Å². The van der Waals surface area contributed by atoms with E-state index in [1.54, 1.807) is 29.2 Å². The van der Waals surface area contributed by atoms with Crippen LogP contribution >= 0.6 is 11.6 Å². The van der Waals surface area contributed by atoms with Crippen LogP contribution in [-0.4, -0.2) is 29.4 Å². The molecule has 0 spiro atoms. The van der Waals surface area contributed by atoms with Crippen molar-refractivity contribution in [3.05, 3.63) is 65.2 Å². The third-order valence-corrected chi connectivity index (χ3v) is 4.56. The van der Waals surface area contributed by atoms with Gasteiger partial charge in [-0.1, -0.05) is 54.1 Å². The van der Waals surface area contributed by atoms with Gasteiger partial charge in [0, 0.05) is 13.1 Å². The Hall–Kier alpha value is -2.53. The molecule has 3 amide bonds. The van der Waals surface area contributed by atoms with Gasteiger partial charge in [0.05, 0.1) is 10.7 Å². The van der Waals surface area contributed by atoms with E-state index in [1.807, 2.05) is 30.3 Å². The van der Waals surface area contributed by atoms with Gasteiger partial charge in [-0.05, 0) is 30.5 Å². The molecular formula is C19H20ClN3O2. The first kappa shape index (κ1) is 17.3. The molecule has 2 aromatic carbocycles. The number of nitrogens with one attached hydrogen (secondary N) is 2. The number of hydrogen-bond acceptors (Lipinski definition) is 2. The van der Waals surface area contributed by atoms with E-state index in [1.165, 1.54) is 0 Å². The monoisotopic (exact) mass is 357 g/mol. The van der Waals surface area contributed by atoms with Crippen molar-refractivity contribution >= 4 is 29.2 Å². The third-order valence-electron chi connectivity index (χ3n) is 4.23. The summed E-state index contributed by atoms with van der Waals surface area (Å²) >= 11 is 6.08. The number of carbonyl (C=O) groups excluding carboxylic acids is 2. The molecule has 0 aliphatic carbocycles. The molecule has 3 rings (SSSR count). The number of urea groups is 1. The maximum Gasteiger partial charge on any atom is 0.318 e. The van der Waals surface area contributed by atoms with Crippen LogP contribution in [0.1, 0.15) is 18.4 Å². The molecule has 1 atom stereocenters.